The molecule has 4 aromatic rings. The molecule has 0 atom stereocenters. The number of fused-ring (bicyclic) bond motifs is 2. The number of hydrogen-bond acceptors (Lipinski definition) is 7. The van der Waals surface area contributed by atoms with Gasteiger partial charge in [0.15, 0.2) is 10.3 Å². The maximum absolute atomic E-state index is 5.51. The van der Waals surface area contributed by atoms with E-state index in [1.165, 1.54) is 20.5 Å². The minimum Gasteiger partial charge on any atom is -0.494 e. The van der Waals surface area contributed by atoms with E-state index in [4.69, 9.17) is 14.7 Å². The Kier molecular flexibility index (Phi) is 4.36. The SMILES string of the molecule is COc1ccc(C)c2sc(N3CCN(c4nc5c(C)cccc5s4)CC3)nc12. The molecule has 1 fully saturated rings. The third-order valence-electron chi connectivity index (χ3n) is 5.34. The molecule has 5 rings (SSSR count). The minimum absolute atomic E-state index is 0.853. The van der Waals surface area contributed by atoms with Gasteiger partial charge in [-0.1, -0.05) is 40.9 Å². The molecule has 0 unspecified atom stereocenters. The number of ether oxygens (including phenoxy) is 1. The number of para-hydroxylation sites is 1. The van der Waals surface area contributed by atoms with E-state index in [0.717, 1.165) is 53.2 Å². The zero-order valence-corrected chi connectivity index (χ0v) is 17.9. The molecule has 1 aliphatic rings. The van der Waals surface area contributed by atoms with E-state index in [1.54, 1.807) is 29.8 Å². The van der Waals surface area contributed by atoms with Gasteiger partial charge in [-0.15, -0.1) is 0 Å². The Hall–Kier alpha value is -2.38. The molecule has 0 aliphatic carbocycles. The van der Waals surface area contributed by atoms with E-state index in [-0.39, 0.29) is 0 Å². The zero-order valence-electron chi connectivity index (χ0n) is 16.2. The molecule has 3 heterocycles. The van der Waals surface area contributed by atoms with Crippen LogP contribution in [0.1, 0.15) is 11.1 Å². The van der Waals surface area contributed by atoms with Gasteiger partial charge >= 0.3 is 0 Å². The number of hydrogen-bond donors (Lipinski definition) is 0. The highest BCUT2D eigenvalue weighted by atomic mass is 32.1. The minimum atomic E-state index is 0.853. The number of anilines is 2. The maximum atomic E-state index is 5.51. The third kappa shape index (κ3) is 2.89. The van der Waals surface area contributed by atoms with Gasteiger partial charge in [-0.2, -0.15) is 0 Å². The van der Waals surface area contributed by atoms with Gasteiger partial charge in [0.25, 0.3) is 0 Å². The quantitative estimate of drug-likeness (QED) is 0.483. The normalized spacial score (nSPS) is 15.0. The van der Waals surface area contributed by atoms with Gasteiger partial charge in [0.2, 0.25) is 0 Å². The summed E-state index contributed by atoms with van der Waals surface area (Å²) in [5, 5.41) is 2.22. The molecule has 28 heavy (non-hydrogen) atoms. The number of aromatic nitrogens is 2. The molecule has 7 heteroatoms. The van der Waals surface area contributed by atoms with Gasteiger partial charge in [0.1, 0.15) is 11.3 Å². The summed E-state index contributed by atoms with van der Waals surface area (Å²) in [5.74, 6) is 0.853. The molecule has 0 N–H and O–H groups in total. The van der Waals surface area contributed by atoms with E-state index >= 15 is 0 Å². The Morgan fingerprint density at radius 3 is 2.18 bits per heavy atom. The van der Waals surface area contributed by atoms with E-state index in [9.17, 15) is 0 Å². The summed E-state index contributed by atoms with van der Waals surface area (Å²) in [6.07, 6.45) is 0. The molecule has 144 valence electrons. The van der Waals surface area contributed by atoms with Crippen molar-refractivity contribution in [2.24, 2.45) is 0 Å². The number of benzene rings is 2. The zero-order chi connectivity index (χ0) is 19.3. The molecule has 1 aliphatic heterocycles. The van der Waals surface area contributed by atoms with Gasteiger partial charge in [-0.25, -0.2) is 9.97 Å². The Morgan fingerprint density at radius 2 is 1.50 bits per heavy atom. The Morgan fingerprint density at radius 1 is 0.821 bits per heavy atom. The predicted molar refractivity (Wildman–Crippen MR) is 120 cm³/mol. The molecule has 2 aromatic carbocycles. The first-order chi connectivity index (χ1) is 13.6. The highest BCUT2D eigenvalue weighted by Crippen LogP contribution is 2.37. The lowest BCUT2D eigenvalue weighted by molar-refractivity contribution is 0.419. The van der Waals surface area contributed by atoms with Gasteiger partial charge < -0.3 is 14.5 Å². The number of aryl methyl sites for hydroxylation is 2. The highest BCUT2D eigenvalue weighted by Gasteiger charge is 2.23. The summed E-state index contributed by atoms with van der Waals surface area (Å²) in [4.78, 5) is 14.6. The van der Waals surface area contributed by atoms with Crippen molar-refractivity contribution in [2.75, 3.05) is 43.1 Å². The number of rotatable bonds is 3. The average molecular weight is 411 g/mol. The maximum Gasteiger partial charge on any atom is 0.186 e. The van der Waals surface area contributed by atoms with E-state index < -0.39 is 0 Å². The summed E-state index contributed by atoms with van der Waals surface area (Å²) in [7, 11) is 1.71. The first-order valence-corrected chi connectivity index (χ1v) is 11.1. The van der Waals surface area contributed by atoms with Crippen molar-refractivity contribution in [3.63, 3.8) is 0 Å². The number of nitrogens with zero attached hydrogens (tertiary/aromatic N) is 4. The first kappa shape index (κ1) is 17.7. The van der Waals surface area contributed by atoms with Crippen molar-refractivity contribution in [1.29, 1.82) is 0 Å². The molecule has 0 bridgehead atoms. The van der Waals surface area contributed by atoms with Crippen LogP contribution >= 0.6 is 22.7 Å². The standard InChI is InChI=1S/C21H22N4OS2/c1-13-5-4-6-16-17(13)22-20(27-16)24-9-11-25(12-10-24)21-23-18-15(26-3)8-7-14(2)19(18)28-21/h4-8H,9-12H2,1-3H3. The fraction of sp³-hybridized carbons (Fsp3) is 0.333. The fourth-order valence-electron chi connectivity index (χ4n) is 3.70. The first-order valence-electron chi connectivity index (χ1n) is 9.44. The van der Waals surface area contributed by atoms with Crippen LogP contribution < -0.4 is 14.5 Å². The summed E-state index contributed by atoms with van der Waals surface area (Å²) >= 11 is 3.56. The average Bonchev–Trinajstić information content (AvgIpc) is 3.35. The van der Waals surface area contributed by atoms with Crippen LogP contribution in [-0.2, 0) is 0 Å². The molecule has 1 saturated heterocycles. The Labute approximate surface area is 172 Å². The van der Waals surface area contributed by atoms with Crippen LogP contribution in [0, 0.1) is 13.8 Å². The van der Waals surface area contributed by atoms with Crippen LogP contribution in [0.5, 0.6) is 5.75 Å². The van der Waals surface area contributed by atoms with E-state index in [0.29, 0.717) is 0 Å². The third-order valence-corrected chi connectivity index (χ3v) is 7.68. The van der Waals surface area contributed by atoms with Crippen LogP contribution in [-0.4, -0.2) is 43.3 Å². The predicted octanol–water partition coefficient (Wildman–Crippen LogP) is 4.86. The summed E-state index contributed by atoms with van der Waals surface area (Å²) in [6.45, 7) is 8.10. The molecular formula is C21H22N4OS2. The lowest BCUT2D eigenvalue weighted by atomic mass is 10.2. The number of thiazole rings is 2. The summed E-state index contributed by atoms with van der Waals surface area (Å²) in [5.41, 5.74) is 4.62. The van der Waals surface area contributed by atoms with Crippen molar-refractivity contribution in [3.05, 3.63) is 41.5 Å². The smallest absolute Gasteiger partial charge is 0.186 e. The van der Waals surface area contributed by atoms with E-state index in [2.05, 4.69) is 47.9 Å². The van der Waals surface area contributed by atoms with Crippen molar-refractivity contribution in [3.8, 4) is 5.75 Å². The lowest BCUT2D eigenvalue weighted by Crippen LogP contribution is -2.46. The summed E-state index contributed by atoms with van der Waals surface area (Å²) < 4.78 is 8.00. The molecule has 0 spiro atoms. The van der Waals surface area contributed by atoms with Crippen molar-refractivity contribution in [1.82, 2.24) is 9.97 Å². The molecule has 5 nitrogen and oxygen atoms in total. The highest BCUT2D eigenvalue weighted by molar-refractivity contribution is 7.22. The molecule has 0 saturated carbocycles. The van der Waals surface area contributed by atoms with E-state index in [1.807, 2.05) is 6.07 Å². The topological polar surface area (TPSA) is 41.5 Å². The second-order valence-electron chi connectivity index (χ2n) is 7.15. The van der Waals surface area contributed by atoms with Crippen LogP contribution in [0.2, 0.25) is 0 Å². The molecule has 0 radical (unpaired) electrons. The lowest BCUT2D eigenvalue weighted by Gasteiger charge is -2.34. The van der Waals surface area contributed by atoms with Crippen molar-refractivity contribution >= 4 is 53.4 Å². The van der Waals surface area contributed by atoms with Gasteiger partial charge in [-0.05, 0) is 37.1 Å². The van der Waals surface area contributed by atoms with Crippen LogP contribution in [0.15, 0.2) is 30.3 Å². The molecule has 0 amide bonds. The summed E-state index contributed by atoms with van der Waals surface area (Å²) in [6, 6.07) is 10.5. The van der Waals surface area contributed by atoms with Crippen LogP contribution in [0.3, 0.4) is 0 Å². The monoisotopic (exact) mass is 410 g/mol. The number of methoxy groups -OCH3 is 1. The van der Waals surface area contributed by atoms with Crippen LogP contribution in [0.25, 0.3) is 20.4 Å². The Bertz CT molecular complexity index is 1160. The van der Waals surface area contributed by atoms with Gasteiger partial charge in [0, 0.05) is 26.2 Å². The van der Waals surface area contributed by atoms with Crippen LogP contribution in [0.4, 0.5) is 10.3 Å². The molecule has 2 aromatic heterocycles. The molecular weight excluding hydrogens is 388 g/mol. The van der Waals surface area contributed by atoms with Crippen molar-refractivity contribution in [2.45, 2.75) is 13.8 Å². The number of piperazine rings is 1. The van der Waals surface area contributed by atoms with Gasteiger partial charge in [0.05, 0.1) is 22.0 Å². The fourth-order valence-corrected chi connectivity index (χ4v) is 5.90. The van der Waals surface area contributed by atoms with Gasteiger partial charge in [-0.3, -0.25) is 0 Å². The Balaban J connectivity index is 1.37. The largest absolute Gasteiger partial charge is 0.494 e. The van der Waals surface area contributed by atoms with Crippen molar-refractivity contribution < 1.29 is 4.74 Å². The second kappa shape index (κ2) is 6.90. The second-order valence-corrected chi connectivity index (χ2v) is 9.14.